The first-order chi connectivity index (χ1) is 5.83. The van der Waals surface area contributed by atoms with Crippen molar-refractivity contribution < 1.29 is 0 Å². The van der Waals surface area contributed by atoms with Crippen molar-refractivity contribution in [3.63, 3.8) is 0 Å². The minimum Gasteiger partial charge on any atom is -0.317 e. The maximum atomic E-state index is 3.40. The number of piperidine rings is 1. The molecule has 1 aliphatic heterocycles. The molecule has 0 saturated carbocycles. The van der Waals surface area contributed by atoms with E-state index < -0.39 is 0 Å². The van der Waals surface area contributed by atoms with E-state index in [0.717, 1.165) is 5.92 Å². The average Bonchev–Trinajstić information content (AvgIpc) is 2.06. The van der Waals surface area contributed by atoms with Crippen molar-refractivity contribution in [2.24, 2.45) is 5.92 Å². The number of nitrogens with one attached hydrogen (secondary N) is 1. The van der Waals surface area contributed by atoms with E-state index in [-0.39, 0.29) is 0 Å². The summed E-state index contributed by atoms with van der Waals surface area (Å²) in [5.41, 5.74) is 0. The molecule has 72 valence electrons. The van der Waals surface area contributed by atoms with Crippen molar-refractivity contribution in [2.75, 3.05) is 33.2 Å². The number of rotatable bonds is 4. The van der Waals surface area contributed by atoms with Gasteiger partial charge in [0, 0.05) is 6.54 Å². The van der Waals surface area contributed by atoms with Gasteiger partial charge in [-0.05, 0) is 51.9 Å². The summed E-state index contributed by atoms with van der Waals surface area (Å²) in [6.45, 7) is 7.26. The molecule has 0 spiro atoms. The molecule has 1 fully saturated rings. The Hall–Kier alpha value is -0.0800. The first-order valence-electron chi connectivity index (χ1n) is 5.22. The molecule has 1 rings (SSSR count). The molecule has 1 aliphatic rings. The number of hydrogen-bond acceptors (Lipinski definition) is 2. The van der Waals surface area contributed by atoms with Gasteiger partial charge in [-0.1, -0.05) is 6.92 Å². The van der Waals surface area contributed by atoms with Gasteiger partial charge in [0.15, 0.2) is 0 Å². The summed E-state index contributed by atoms with van der Waals surface area (Å²) in [6.07, 6.45) is 4.02. The second-order valence-corrected chi connectivity index (χ2v) is 3.96. The highest BCUT2D eigenvalue weighted by Gasteiger charge is 2.13. The van der Waals surface area contributed by atoms with Crippen LogP contribution >= 0.6 is 0 Å². The molecule has 2 nitrogen and oxygen atoms in total. The van der Waals surface area contributed by atoms with Crippen LogP contribution in [0.5, 0.6) is 0 Å². The molecule has 0 unspecified atom stereocenters. The zero-order valence-corrected chi connectivity index (χ0v) is 8.47. The van der Waals surface area contributed by atoms with Crippen molar-refractivity contribution in [3.8, 4) is 0 Å². The summed E-state index contributed by atoms with van der Waals surface area (Å²) in [6, 6.07) is 0. The number of nitrogens with zero attached hydrogens (tertiary/aromatic N) is 1. The van der Waals surface area contributed by atoms with Gasteiger partial charge in [0.05, 0.1) is 0 Å². The quantitative estimate of drug-likeness (QED) is 0.684. The van der Waals surface area contributed by atoms with Crippen molar-refractivity contribution in [1.29, 1.82) is 0 Å². The van der Waals surface area contributed by atoms with E-state index >= 15 is 0 Å². The lowest BCUT2D eigenvalue weighted by Crippen LogP contribution is -2.34. The van der Waals surface area contributed by atoms with Crippen molar-refractivity contribution >= 4 is 0 Å². The standard InChI is InChI=1S/C10H22N2/c1-3-8-12(2)9-10-4-6-11-7-5-10/h10-11H,3-9H2,1-2H3. The summed E-state index contributed by atoms with van der Waals surface area (Å²) in [5, 5.41) is 3.40. The Bertz CT molecular complexity index is 108. The second-order valence-electron chi connectivity index (χ2n) is 3.96. The summed E-state index contributed by atoms with van der Waals surface area (Å²) in [5.74, 6) is 0.947. The summed E-state index contributed by atoms with van der Waals surface area (Å²) < 4.78 is 0. The molecule has 0 aliphatic carbocycles. The summed E-state index contributed by atoms with van der Waals surface area (Å²) in [4.78, 5) is 2.47. The largest absolute Gasteiger partial charge is 0.317 e. The minimum absolute atomic E-state index is 0.947. The highest BCUT2D eigenvalue weighted by molar-refractivity contribution is 4.70. The van der Waals surface area contributed by atoms with Gasteiger partial charge in [-0.3, -0.25) is 0 Å². The maximum Gasteiger partial charge on any atom is 0.000755 e. The molecule has 1 heterocycles. The van der Waals surface area contributed by atoms with Gasteiger partial charge in [0.25, 0.3) is 0 Å². The molecule has 1 N–H and O–H groups in total. The summed E-state index contributed by atoms with van der Waals surface area (Å²) >= 11 is 0. The van der Waals surface area contributed by atoms with E-state index in [1.54, 1.807) is 0 Å². The molecule has 12 heavy (non-hydrogen) atoms. The fourth-order valence-electron chi connectivity index (χ4n) is 1.98. The topological polar surface area (TPSA) is 15.3 Å². The second kappa shape index (κ2) is 5.55. The Labute approximate surface area is 76.3 Å². The number of hydrogen-bond donors (Lipinski definition) is 1. The Balaban J connectivity index is 2.11. The van der Waals surface area contributed by atoms with Crippen LogP contribution in [0.4, 0.5) is 0 Å². The monoisotopic (exact) mass is 170 g/mol. The zero-order chi connectivity index (χ0) is 8.81. The molecule has 0 radical (unpaired) electrons. The Morgan fingerprint density at radius 3 is 2.58 bits per heavy atom. The average molecular weight is 170 g/mol. The van der Waals surface area contributed by atoms with E-state index in [4.69, 9.17) is 0 Å². The van der Waals surface area contributed by atoms with E-state index in [9.17, 15) is 0 Å². The molecule has 0 aromatic rings. The molecule has 0 aromatic carbocycles. The zero-order valence-electron chi connectivity index (χ0n) is 8.47. The SMILES string of the molecule is CCCN(C)CC1CCNCC1. The molecule has 0 bridgehead atoms. The van der Waals surface area contributed by atoms with Gasteiger partial charge in [-0.15, -0.1) is 0 Å². The Morgan fingerprint density at radius 1 is 1.33 bits per heavy atom. The van der Waals surface area contributed by atoms with Gasteiger partial charge >= 0.3 is 0 Å². The van der Waals surface area contributed by atoms with Crippen LogP contribution in [0, 0.1) is 5.92 Å². The van der Waals surface area contributed by atoms with Gasteiger partial charge in [-0.2, -0.15) is 0 Å². The van der Waals surface area contributed by atoms with Gasteiger partial charge in [-0.25, -0.2) is 0 Å². The van der Waals surface area contributed by atoms with Crippen LogP contribution in [0.25, 0.3) is 0 Å². The normalized spacial score (nSPS) is 20.2. The van der Waals surface area contributed by atoms with Crippen LogP contribution in [-0.2, 0) is 0 Å². The summed E-state index contributed by atoms with van der Waals surface area (Å²) in [7, 11) is 2.24. The fraction of sp³-hybridized carbons (Fsp3) is 1.00. The molecular weight excluding hydrogens is 148 g/mol. The first kappa shape index (κ1) is 10.0. The highest BCUT2D eigenvalue weighted by atomic mass is 15.1. The lowest BCUT2D eigenvalue weighted by atomic mass is 9.98. The van der Waals surface area contributed by atoms with Gasteiger partial charge in [0.1, 0.15) is 0 Å². The van der Waals surface area contributed by atoms with Crippen LogP contribution in [0.1, 0.15) is 26.2 Å². The van der Waals surface area contributed by atoms with Gasteiger partial charge < -0.3 is 10.2 Å². The van der Waals surface area contributed by atoms with Crippen LogP contribution in [-0.4, -0.2) is 38.1 Å². The lowest BCUT2D eigenvalue weighted by molar-refractivity contribution is 0.240. The smallest absolute Gasteiger partial charge is 0.000755 e. The van der Waals surface area contributed by atoms with E-state index in [2.05, 4.69) is 24.2 Å². The molecular formula is C10H22N2. The van der Waals surface area contributed by atoms with Crippen molar-refractivity contribution in [3.05, 3.63) is 0 Å². The first-order valence-corrected chi connectivity index (χ1v) is 5.22. The van der Waals surface area contributed by atoms with E-state index in [1.807, 2.05) is 0 Å². The van der Waals surface area contributed by atoms with Crippen LogP contribution in [0.2, 0.25) is 0 Å². The lowest BCUT2D eigenvalue weighted by Gasteiger charge is -2.27. The third-order valence-corrected chi connectivity index (χ3v) is 2.63. The predicted octanol–water partition coefficient (Wildman–Crippen LogP) is 1.33. The van der Waals surface area contributed by atoms with Crippen molar-refractivity contribution in [2.45, 2.75) is 26.2 Å². The van der Waals surface area contributed by atoms with Crippen molar-refractivity contribution in [1.82, 2.24) is 10.2 Å². The van der Waals surface area contributed by atoms with Crippen LogP contribution in [0.15, 0.2) is 0 Å². The third-order valence-electron chi connectivity index (χ3n) is 2.63. The highest BCUT2D eigenvalue weighted by Crippen LogP contribution is 2.12. The molecule has 0 aromatic heterocycles. The predicted molar refractivity (Wildman–Crippen MR) is 53.4 cm³/mol. The Kier molecular flexibility index (Phi) is 4.62. The van der Waals surface area contributed by atoms with E-state index in [1.165, 1.54) is 45.4 Å². The van der Waals surface area contributed by atoms with Crippen LogP contribution in [0.3, 0.4) is 0 Å². The molecule has 0 amide bonds. The van der Waals surface area contributed by atoms with E-state index in [0.29, 0.717) is 0 Å². The minimum atomic E-state index is 0.947. The third kappa shape index (κ3) is 3.55. The Morgan fingerprint density at radius 2 is 2.00 bits per heavy atom. The van der Waals surface area contributed by atoms with Gasteiger partial charge in [0.2, 0.25) is 0 Å². The molecule has 0 atom stereocenters. The molecule has 1 saturated heterocycles. The fourth-order valence-corrected chi connectivity index (χ4v) is 1.98. The molecule has 2 heteroatoms. The van der Waals surface area contributed by atoms with Crippen LogP contribution < -0.4 is 5.32 Å². The maximum absolute atomic E-state index is 3.40.